The molecule has 0 amide bonds. The highest BCUT2D eigenvalue weighted by molar-refractivity contribution is 9.10. The largest absolute Gasteiger partial charge is 0.507 e. The van der Waals surface area contributed by atoms with Gasteiger partial charge in [-0.25, -0.2) is 8.42 Å². The summed E-state index contributed by atoms with van der Waals surface area (Å²) in [6, 6.07) is 20.6. The van der Waals surface area contributed by atoms with E-state index >= 15 is 0 Å². The van der Waals surface area contributed by atoms with E-state index in [0.29, 0.717) is 17.7 Å². The van der Waals surface area contributed by atoms with Crippen molar-refractivity contribution < 1.29 is 23.1 Å². The van der Waals surface area contributed by atoms with E-state index in [4.69, 9.17) is 4.74 Å². The smallest absolute Gasteiger partial charge is 0.302 e. The van der Waals surface area contributed by atoms with Crippen molar-refractivity contribution in [1.82, 2.24) is 4.98 Å². The van der Waals surface area contributed by atoms with E-state index in [9.17, 15) is 18.3 Å². The third-order valence-corrected chi connectivity index (χ3v) is 8.24. The second-order valence-corrected chi connectivity index (χ2v) is 12.0. The van der Waals surface area contributed by atoms with Crippen molar-refractivity contribution >= 4 is 31.7 Å². The number of aromatic nitrogens is 1. The lowest BCUT2D eigenvalue weighted by Crippen LogP contribution is -2.20. The molecule has 0 bridgehead atoms. The molecule has 3 aromatic carbocycles. The number of nitrogens with zero attached hydrogens (tertiary/aromatic N) is 1. The summed E-state index contributed by atoms with van der Waals surface area (Å²) >= 11 is 3.49. The van der Waals surface area contributed by atoms with E-state index in [-0.39, 0.29) is 29.1 Å². The SMILES string of the molecule is CC(=O)OCC1Cc2c(-c3ccc(S(C)(=O)=O)cn3)cccc2-c2c(O)ccc(-c3ccc(Br)cc3)c21. The molecule has 4 aromatic rings. The lowest BCUT2D eigenvalue weighted by atomic mass is 9.74. The number of fused-ring (bicyclic) bond motifs is 3. The van der Waals surface area contributed by atoms with Crippen molar-refractivity contribution in [2.45, 2.75) is 24.2 Å². The highest BCUT2D eigenvalue weighted by Crippen LogP contribution is 2.50. The minimum atomic E-state index is -3.37. The maximum Gasteiger partial charge on any atom is 0.302 e. The van der Waals surface area contributed by atoms with Gasteiger partial charge in [-0.05, 0) is 64.6 Å². The molecule has 1 N–H and O–H groups in total. The monoisotopic (exact) mass is 577 g/mol. The van der Waals surface area contributed by atoms with Gasteiger partial charge in [-0.1, -0.05) is 52.3 Å². The van der Waals surface area contributed by atoms with Crippen molar-refractivity contribution in [1.29, 1.82) is 0 Å². The Labute approximate surface area is 224 Å². The third kappa shape index (κ3) is 4.91. The molecule has 0 fully saturated rings. The minimum absolute atomic E-state index is 0.141. The van der Waals surface area contributed by atoms with Crippen LogP contribution in [0.5, 0.6) is 5.75 Å². The normalized spacial score (nSPS) is 14.5. The number of hydrogen-bond donors (Lipinski definition) is 1. The zero-order valence-electron chi connectivity index (χ0n) is 20.2. The summed E-state index contributed by atoms with van der Waals surface area (Å²) in [7, 11) is -3.37. The van der Waals surface area contributed by atoms with Crippen molar-refractivity contribution in [3.05, 3.63) is 88.5 Å². The van der Waals surface area contributed by atoms with Crippen molar-refractivity contribution in [2.24, 2.45) is 0 Å². The Morgan fingerprint density at radius 2 is 1.76 bits per heavy atom. The first-order valence-electron chi connectivity index (χ1n) is 11.7. The molecule has 0 radical (unpaired) electrons. The molecule has 5 rings (SSSR count). The van der Waals surface area contributed by atoms with E-state index in [1.807, 2.05) is 48.5 Å². The van der Waals surface area contributed by atoms with Crippen molar-refractivity contribution in [2.75, 3.05) is 12.9 Å². The molecule has 0 saturated heterocycles. The van der Waals surface area contributed by atoms with E-state index in [0.717, 1.165) is 44.1 Å². The van der Waals surface area contributed by atoms with Gasteiger partial charge in [-0.15, -0.1) is 0 Å². The van der Waals surface area contributed by atoms with Crippen LogP contribution in [-0.4, -0.2) is 37.3 Å². The van der Waals surface area contributed by atoms with Gasteiger partial charge >= 0.3 is 5.97 Å². The van der Waals surface area contributed by atoms with Crippen LogP contribution in [0.15, 0.2) is 82.3 Å². The van der Waals surface area contributed by atoms with Gasteiger partial charge in [0.1, 0.15) is 5.75 Å². The second-order valence-electron chi connectivity index (χ2n) is 9.11. The summed E-state index contributed by atoms with van der Waals surface area (Å²) in [5, 5.41) is 11.1. The van der Waals surface area contributed by atoms with Crippen LogP contribution in [0.4, 0.5) is 0 Å². The minimum Gasteiger partial charge on any atom is -0.507 e. The van der Waals surface area contributed by atoms with Gasteiger partial charge in [-0.3, -0.25) is 9.78 Å². The lowest BCUT2D eigenvalue weighted by molar-refractivity contribution is -0.141. The molecule has 1 atom stereocenters. The lowest BCUT2D eigenvalue weighted by Gasteiger charge is -2.31. The molecule has 188 valence electrons. The molecule has 0 aliphatic heterocycles. The van der Waals surface area contributed by atoms with Gasteiger partial charge in [0.15, 0.2) is 9.84 Å². The molecule has 6 nitrogen and oxygen atoms in total. The molecule has 1 unspecified atom stereocenters. The number of aromatic hydroxyl groups is 1. The summed E-state index contributed by atoms with van der Waals surface area (Å²) in [6.07, 6.45) is 3.06. The summed E-state index contributed by atoms with van der Waals surface area (Å²) in [5.74, 6) is -0.445. The number of carbonyl (C=O) groups excluding carboxylic acids is 1. The summed E-state index contributed by atoms with van der Waals surface area (Å²) in [6.45, 7) is 1.54. The Balaban J connectivity index is 1.72. The topological polar surface area (TPSA) is 93.6 Å². The van der Waals surface area contributed by atoms with Crippen molar-refractivity contribution in [3.63, 3.8) is 0 Å². The van der Waals surface area contributed by atoms with E-state index < -0.39 is 9.84 Å². The first-order valence-corrected chi connectivity index (χ1v) is 14.4. The predicted molar refractivity (Wildman–Crippen MR) is 146 cm³/mol. The number of hydrogen-bond acceptors (Lipinski definition) is 6. The van der Waals surface area contributed by atoms with Crippen LogP contribution in [0.1, 0.15) is 24.0 Å². The van der Waals surface area contributed by atoms with Crippen molar-refractivity contribution in [3.8, 4) is 39.3 Å². The summed E-state index contributed by atoms with van der Waals surface area (Å²) in [5.41, 5.74) is 6.87. The van der Waals surface area contributed by atoms with Crippen LogP contribution in [0.3, 0.4) is 0 Å². The maximum atomic E-state index is 11.9. The van der Waals surface area contributed by atoms with Gasteiger partial charge in [0, 0.05) is 40.9 Å². The Bertz CT molecular complexity index is 1610. The van der Waals surface area contributed by atoms with Crippen LogP contribution >= 0.6 is 15.9 Å². The Kier molecular flexibility index (Phi) is 6.64. The molecule has 1 aliphatic carbocycles. The number of esters is 1. The highest BCUT2D eigenvalue weighted by atomic mass is 79.9. The molecule has 37 heavy (non-hydrogen) atoms. The molecular weight excluding hydrogens is 554 g/mol. The molecular formula is C29H24BrNO5S. The van der Waals surface area contributed by atoms with Crippen LogP contribution < -0.4 is 0 Å². The van der Waals surface area contributed by atoms with E-state index in [1.165, 1.54) is 13.1 Å². The molecule has 1 heterocycles. The van der Waals surface area contributed by atoms with E-state index in [1.54, 1.807) is 18.2 Å². The zero-order chi connectivity index (χ0) is 26.3. The number of ether oxygens (including phenoxy) is 1. The maximum absolute atomic E-state index is 11.9. The quantitative estimate of drug-likeness (QED) is 0.285. The Morgan fingerprint density at radius 3 is 2.41 bits per heavy atom. The fourth-order valence-corrected chi connectivity index (χ4v) is 5.77. The van der Waals surface area contributed by atoms with Gasteiger partial charge in [0.25, 0.3) is 0 Å². The molecule has 0 saturated carbocycles. The molecule has 0 spiro atoms. The number of rotatable bonds is 5. The fourth-order valence-electron chi connectivity index (χ4n) is 4.94. The predicted octanol–water partition coefficient (Wildman–Crippen LogP) is 6.16. The average Bonchev–Trinajstić information content (AvgIpc) is 2.87. The number of carbonyl (C=O) groups is 1. The molecule has 1 aliphatic rings. The van der Waals surface area contributed by atoms with Gasteiger partial charge in [0.2, 0.25) is 0 Å². The van der Waals surface area contributed by atoms with Gasteiger partial charge < -0.3 is 9.84 Å². The zero-order valence-corrected chi connectivity index (χ0v) is 22.6. The standard InChI is InChI=1S/C29H24BrNO5S/c1-17(32)36-16-19-14-25-23(26-12-10-21(15-31-26)37(2,34)35)4-3-5-24(25)29-27(33)13-11-22(28(19)29)18-6-8-20(30)9-7-18/h3-13,15,19,33H,14,16H2,1-2H3. The van der Waals surface area contributed by atoms with Gasteiger partial charge in [-0.2, -0.15) is 0 Å². The Morgan fingerprint density at radius 1 is 1.03 bits per heavy atom. The first-order chi connectivity index (χ1) is 17.6. The van der Waals surface area contributed by atoms with Crippen LogP contribution in [0, 0.1) is 0 Å². The highest BCUT2D eigenvalue weighted by Gasteiger charge is 2.32. The second kappa shape index (κ2) is 9.76. The summed E-state index contributed by atoms with van der Waals surface area (Å²) in [4.78, 5) is 16.4. The van der Waals surface area contributed by atoms with Crippen LogP contribution in [-0.2, 0) is 25.8 Å². The number of phenolic OH excluding ortho intramolecular Hbond substituents is 1. The van der Waals surface area contributed by atoms with E-state index in [2.05, 4.69) is 20.9 Å². The molecule has 1 aromatic heterocycles. The van der Waals surface area contributed by atoms with Crippen LogP contribution in [0.25, 0.3) is 33.5 Å². The van der Waals surface area contributed by atoms with Crippen LogP contribution in [0.2, 0.25) is 0 Å². The number of phenols is 1. The summed E-state index contributed by atoms with van der Waals surface area (Å²) < 4.78 is 30.3. The number of halogens is 1. The number of sulfone groups is 1. The third-order valence-electron chi connectivity index (χ3n) is 6.61. The number of pyridine rings is 1. The average molecular weight is 578 g/mol. The first kappa shape index (κ1) is 25.2. The van der Waals surface area contributed by atoms with Gasteiger partial charge in [0.05, 0.1) is 17.2 Å². The molecule has 8 heteroatoms. The fraction of sp³-hybridized carbons (Fsp3) is 0.172. The Hall–Kier alpha value is -3.49. The number of benzene rings is 3.